The fourth-order valence-electron chi connectivity index (χ4n) is 7.28. The van der Waals surface area contributed by atoms with E-state index in [9.17, 15) is 19.2 Å². The van der Waals surface area contributed by atoms with E-state index in [1.807, 2.05) is 37.1 Å². The lowest BCUT2D eigenvalue weighted by molar-refractivity contribution is -0.0620. The Morgan fingerprint density at radius 1 is 0.885 bits per heavy atom. The Bertz CT molecular complexity index is 2100. The molecular formula is C39H46ClN5O7. The van der Waals surface area contributed by atoms with E-state index >= 15 is 0 Å². The van der Waals surface area contributed by atoms with Gasteiger partial charge >= 0.3 is 5.69 Å². The first-order valence-electron chi connectivity index (χ1n) is 17.7. The number of rotatable bonds is 10. The molecule has 0 unspecified atom stereocenters. The number of methoxy groups -OCH3 is 2. The topological polar surface area (TPSA) is 128 Å². The molecule has 2 fully saturated rings. The van der Waals surface area contributed by atoms with Gasteiger partial charge in [-0.1, -0.05) is 11.6 Å². The molecule has 276 valence electrons. The highest BCUT2D eigenvalue weighted by Gasteiger charge is 2.29. The number of halogens is 1. The predicted molar refractivity (Wildman–Crippen MR) is 201 cm³/mol. The lowest BCUT2D eigenvalue weighted by Crippen LogP contribution is -2.44. The number of aromatic amines is 1. The van der Waals surface area contributed by atoms with Gasteiger partial charge in [-0.05, 0) is 87.4 Å². The number of likely N-dealkylation sites (tertiary alicyclic amines) is 2. The molecule has 2 aliphatic rings. The summed E-state index contributed by atoms with van der Waals surface area (Å²) in [6, 6.07) is 10.1. The fraction of sp³-hybridized carbons (Fsp3) is 0.436. The zero-order valence-corrected chi connectivity index (χ0v) is 31.1. The molecule has 12 nitrogen and oxygen atoms in total. The summed E-state index contributed by atoms with van der Waals surface area (Å²) in [6.45, 7) is 7.69. The molecule has 0 bridgehead atoms. The number of pyridine rings is 1. The number of piperidine rings is 2. The number of aryl methyl sites for hydroxylation is 1. The Morgan fingerprint density at radius 3 is 2.13 bits per heavy atom. The van der Waals surface area contributed by atoms with Gasteiger partial charge in [0.05, 0.1) is 37.1 Å². The molecule has 0 saturated carbocycles. The number of hydrogen-bond acceptors (Lipinski definition) is 8. The maximum absolute atomic E-state index is 13.4. The van der Waals surface area contributed by atoms with E-state index in [0.717, 1.165) is 91.1 Å². The van der Waals surface area contributed by atoms with Crippen LogP contribution in [0.4, 0.5) is 0 Å². The van der Waals surface area contributed by atoms with Gasteiger partial charge in [-0.3, -0.25) is 23.9 Å². The van der Waals surface area contributed by atoms with Gasteiger partial charge in [0.1, 0.15) is 11.5 Å². The molecule has 2 aromatic carbocycles. The van der Waals surface area contributed by atoms with Crippen LogP contribution in [0.15, 0.2) is 63.2 Å². The van der Waals surface area contributed by atoms with Crippen molar-refractivity contribution in [3.05, 3.63) is 107 Å². The van der Waals surface area contributed by atoms with Crippen molar-refractivity contribution < 1.29 is 19.0 Å². The first-order valence-corrected chi connectivity index (χ1v) is 18.1. The molecule has 0 spiro atoms. The molecule has 2 aromatic heterocycles. The number of aromatic nitrogens is 3. The first kappa shape index (κ1) is 37.1. The predicted octanol–water partition coefficient (Wildman–Crippen LogP) is 4.51. The van der Waals surface area contributed by atoms with Crippen molar-refractivity contribution >= 4 is 17.5 Å². The maximum Gasteiger partial charge on any atom is 0.332 e. The smallest absolute Gasteiger partial charge is 0.332 e. The third-order valence-corrected chi connectivity index (χ3v) is 10.8. The van der Waals surface area contributed by atoms with E-state index in [1.165, 1.54) is 16.8 Å². The maximum atomic E-state index is 13.4. The van der Waals surface area contributed by atoms with Crippen LogP contribution in [0.3, 0.4) is 0 Å². The summed E-state index contributed by atoms with van der Waals surface area (Å²) in [4.78, 5) is 56.2. The van der Waals surface area contributed by atoms with E-state index in [0.29, 0.717) is 29.4 Å². The van der Waals surface area contributed by atoms with Gasteiger partial charge in [0.2, 0.25) is 0 Å². The Hall–Kier alpha value is -4.65. The summed E-state index contributed by atoms with van der Waals surface area (Å²) in [5, 5.41) is 0.293. The van der Waals surface area contributed by atoms with Gasteiger partial charge in [-0.2, -0.15) is 0 Å². The Kier molecular flexibility index (Phi) is 11.4. The van der Waals surface area contributed by atoms with E-state index < -0.39 is 11.2 Å². The number of benzene rings is 2. The highest BCUT2D eigenvalue weighted by molar-refractivity contribution is 6.32. The van der Waals surface area contributed by atoms with Crippen molar-refractivity contribution in [2.75, 3.05) is 46.9 Å². The summed E-state index contributed by atoms with van der Waals surface area (Å²) in [5.41, 5.74) is 4.23. The number of hydrogen-bond donors (Lipinski definition) is 1. The number of amides is 1. The third-order valence-electron chi connectivity index (χ3n) is 10.5. The van der Waals surface area contributed by atoms with Crippen LogP contribution in [-0.4, -0.2) is 89.0 Å². The summed E-state index contributed by atoms with van der Waals surface area (Å²) in [6.07, 6.45) is 7.63. The minimum atomic E-state index is -0.626. The highest BCUT2D eigenvalue weighted by atomic mass is 35.5. The summed E-state index contributed by atoms with van der Waals surface area (Å²) in [5.74, 6) is 1.40. The number of ether oxygens (including phenoxy) is 3. The molecular weight excluding hydrogens is 686 g/mol. The summed E-state index contributed by atoms with van der Waals surface area (Å²) in [7, 11) is 5.13. The monoisotopic (exact) mass is 731 g/mol. The first-order chi connectivity index (χ1) is 25.0. The fourth-order valence-corrected chi connectivity index (χ4v) is 7.49. The molecule has 6 rings (SSSR count). The van der Waals surface area contributed by atoms with Crippen molar-refractivity contribution in [2.24, 2.45) is 7.05 Å². The molecule has 13 heteroatoms. The summed E-state index contributed by atoms with van der Waals surface area (Å²) >= 11 is 6.35. The largest absolute Gasteiger partial charge is 0.496 e. The van der Waals surface area contributed by atoms with Crippen LogP contribution in [-0.2, 0) is 18.2 Å². The molecule has 0 radical (unpaired) electrons. The number of carbonyl (C=O) groups is 1. The van der Waals surface area contributed by atoms with Crippen LogP contribution in [0.2, 0.25) is 5.02 Å². The molecule has 2 aliphatic heterocycles. The molecule has 4 aromatic rings. The number of carbonyl (C=O) groups excluding carboxylic acids is 1. The molecule has 4 heterocycles. The van der Waals surface area contributed by atoms with Crippen LogP contribution in [0, 0.1) is 13.8 Å². The second-order valence-electron chi connectivity index (χ2n) is 13.6. The van der Waals surface area contributed by atoms with Crippen molar-refractivity contribution in [3.63, 3.8) is 0 Å². The Labute approximate surface area is 307 Å². The summed E-state index contributed by atoms with van der Waals surface area (Å²) < 4.78 is 21.1. The minimum absolute atomic E-state index is 0.000157. The van der Waals surface area contributed by atoms with Gasteiger partial charge in [0.25, 0.3) is 17.0 Å². The van der Waals surface area contributed by atoms with Crippen LogP contribution in [0.5, 0.6) is 11.5 Å². The highest BCUT2D eigenvalue weighted by Crippen LogP contribution is 2.37. The lowest BCUT2D eigenvalue weighted by atomic mass is 9.96. The van der Waals surface area contributed by atoms with Gasteiger partial charge in [0.15, 0.2) is 0 Å². The second kappa shape index (κ2) is 15.9. The van der Waals surface area contributed by atoms with Crippen LogP contribution in [0.25, 0.3) is 16.8 Å². The quantitative estimate of drug-likeness (QED) is 0.253. The standard InChI is InChI=1S/C39H46ClN5O7/c1-24-25(2)37(47)42(3)23-31(24)27-21-34(50-4)30(35(22-27)51-5)12-16-43-14-8-28(9-15-43)52-29-10-17-44(18-11-29)38(48)26-6-7-32(40)33(20-26)45-19-13-36(46)41-39(45)49/h6-7,13,19-23,28-29H,8-12,14-18H2,1-5H3,(H,41,46,49). The van der Waals surface area contributed by atoms with Crippen LogP contribution in [0.1, 0.15) is 52.7 Å². The van der Waals surface area contributed by atoms with E-state index in [1.54, 1.807) is 44.0 Å². The number of nitrogens with one attached hydrogen (secondary N) is 1. The number of nitrogens with zero attached hydrogens (tertiary/aromatic N) is 4. The average Bonchev–Trinajstić information content (AvgIpc) is 3.15. The third kappa shape index (κ3) is 7.89. The molecule has 2 saturated heterocycles. The molecule has 52 heavy (non-hydrogen) atoms. The Balaban J connectivity index is 1.00. The van der Waals surface area contributed by atoms with Crippen molar-refractivity contribution in [1.82, 2.24) is 23.9 Å². The van der Waals surface area contributed by atoms with Crippen molar-refractivity contribution in [1.29, 1.82) is 0 Å². The van der Waals surface area contributed by atoms with Crippen molar-refractivity contribution in [2.45, 2.75) is 58.2 Å². The van der Waals surface area contributed by atoms with Crippen molar-refractivity contribution in [3.8, 4) is 28.3 Å². The SMILES string of the molecule is COc1cc(-c2cn(C)c(=O)c(C)c2C)cc(OC)c1CCN1CCC(OC2CCN(C(=O)c3ccc(Cl)c(-n4ccc(=O)[nH]c4=O)c3)CC2)CC1. The molecule has 0 aliphatic carbocycles. The normalized spacial score (nSPS) is 15.9. The lowest BCUT2D eigenvalue weighted by Gasteiger charge is -2.37. The van der Waals surface area contributed by atoms with Crippen LogP contribution < -0.4 is 26.3 Å². The van der Waals surface area contributed by atoms with Gasteiger partial charge in [0, 0.05) is 80.5 Å². The molecule has 1 N–H and O–H groups in total. The van der Waals surface area contributed by atoms with Gasteiger partial charge in [-0.15, -0.1) is 0 Å². The Morgan fingerprint density at radius 2 is 1.52 bits per heavy atom. The average molecular weight is 732 g/mol. The zero-order chi connectivity index (χ0) is 37.1. The molecule has 0 atom stereocenters. The minimum Gasteiger partial charge on any atom is -0.496 e. The van der Waals surface area contributed by atoms with E-state index in [4.69, 9.17) is 25.8 Å². The van der Waals surface area contributed by atoms with E-state index in [2.05, 4.69) is 9.88 Å². The molecule has 1 amide bonds. The van der Waals surface area contributed by atoms with Crippen LogP contribution >= 0.6 is 11.6 Å². The number of H-pyrrole nitrogens is 1. The second-order valence-corrected chi connectivity index (χ2v) is 14.0. The van der Waals surface area contributed by atoms with E-state index in [-0.39, 0.29) is 23.7 Å². The zero-order valence-electron chi connectivity index (χ0n) is 30.4. The van der Waals surface area contributed by atoms with Gasteiger partial charge < -0.3 is 28.6 Å². The van der Waals surface area contributed by atoms with Gasteiger partial charge in [-0.25, -0.2) is 4.79 Å².